The van der Waals surface area contributed by atoms with Gasteiger partial charge < -0.3 is 4.98 Å². The molecule has 0 radical (unpaired) electrons. The molecule has 1 N–H and O–H groups in total. The summed E-state index contributed by atoms with van der Waals surface area (Å²) in [6.07, 6.45) is 1.73. The van der Waals surface area contributed by atoms with Gasteiger partial charge in [-0.15, -0.1) is 18.3 Å². The van der Waals surface area contributed by atoms with E-state index in [0.29, 0.717) is 21.9 Å². The van der Waals surface area contributed by atoms with Gasteiger partial charge in [-0.1, -0.05) is 6.08 Å². The van der Waals surface area contributed by atoms with Crippen LogP contribution in [0, 0.1) is 18.3 Å². The molecule has 72 valence electrons. The molecule has 1 rings (SSSR count). The first-order chi connectivity index (χ1) is 6.69. The number of aromatic nitrogens is 1. The standard InChI is InChI=1S/C10H10N2OS/c1-3-4-14-10-8(6-11)7(2)5-9(13)12-10/h3,5H,1,4H2,2H3,(H,12,13). The molecule has 1 aromatic rings. The predicted molar refractivity (Wildman–Crippen MR) is 57.4 cm³/mol. The van der Waals surface area contributed by atoms with Crippen LogP contribution in [-0.4, -0.2) is 10.7 Å². The SMILES string of the molecule is C=CCSc1[nH]c(=O)cc(C)c1C#N. The Morgan fingerprint density at radius 1 is 1.79 bits per heavy atom. The Hall–Kier alpha value is -1.47. The third kappa shape index (κ3) is 2.27. The number of H-pyrrole nitrogens is 1. The lowest BCUT2D eigenvalue weighted by molar-refractivity contribution is 1.04. The van der Waals surface area contributed by atoms with E-state index in [0.717, 1.165) is 0 Å². The first-order valence-corrected chi connectivity index (χ1v) is 5.05. The third-order valence-electron chi connectivity index (χ3n) is 1.66. The Bertz CT molecular complexity index is 442. The summed E-state index contributed by atoms with van der Waals surface area (Å²) >= 11 is 1.40. The normalized spacial score (nSPS) is 9.43. The highest BCUT2D eigenvalue weighted by molar-refractivity contribution is 7.99. The number of thioether (sulfide) groups is 1. The van der Waals surface area contributed by atoms with E-state index in [1.165, 1.54) is 17.8 Å². The largest absolute Gasteiger partial charge is 0.316 e. The van der Waals surface area contributed by atoms with Gasteiger partial charge in [0.05, 0.1) is 10.6 Å². The molecule has 0 saturated carbocycles. The van der Waals surface area contributed by atoms with Crippen molar-refractivity contribution in [3.8, 4) is 6.07 Å². The number of pyridine rings is 1. The molecule has 1 aromatic heterocycles. The first-order valence-electron chi connectivity index (χ1n) is 4.06. The van der Waals surface area contributed by atoms with Crippen molar-refractivity contribution in [2.75, 3.05) is 5.75 Å². The van der Waals surface area contributed by atoms with E-state index in [9.17, 15) is 4.79 Å². The van der Waals surface area contributed by atoms with E-state index in [1.807, 2.05) is 0 Å². The zero-order valence-corrected chi connectivity index (χ0v) is 8.65. The fourth-order valence-corrected chi connectivity index (χ4v) is 1.86. The number of hydrogen-bond donors (Lipinski definition) is 1. The molecule has 4 heteroatoms. The van der Waals surface area contributed by atoms with Crippen LogP contribution in [-0.2, 0) is 0 Å². The molecule has 0 spiro atoms. The van der Waals surface area contributed by atoms with Crippen LogP contribution in [0.1, 0.15) is 11.1 Å². The average molecular weight is 206 g/mol. The molecule has 3 nitrogen and oxygen atoms in total. The summed E-state index contributed by atoms with van der Waals surface area (Å²) in [6.45, 7) is 5.34. The van der Waals surface area contributed by atoms with Crippen LogP contribution < -0.4 is 5.56 Å². The Morgan fingerprint density at radius 3 is 3.07 bits per heavy atom. The van der Waals surface area contributed by atoms with Crippen molar-refractivity contribution in [1.82, 2.24) is 4.98 Å². The molecule has 1 heterocycles. The molecule has 0 aliphatic carbocycles. The van der Waals surface area contributed by atoms with Crippen molar-refractivity contribution in [2.45, 2.75) is 11.9 Å². The van der Waals surface area contributed by atoms with Gasteiger partial charge in [0.25, 0.3) is 0 Å². The summed E-state index contributed by atoms with van der Waals surface area (Å²) < 4.78 is 0. The van der Waals surface area contributed by atoms with Crippen LogP contribution in [0.2, 0.25) is 0 Å². The monoisotopic (exact) mass is 206 g/mol. The maximum Gasteiger partial charge on any atom is 0.249 e. The zero-order chi connectivity index (χ0) is 10.6. The summed E-state index contributed by atoms with van der Waals surface area (Å²) in [6, 6.07) is 3.50. The summed E-state index contributed by atoms with van der Waals surface area (Å²) in [7, 11) is 0. The van der Waals surface area contributed by atoms with Crippen LogP contribution in [0.25, 0.3) is 0 Å². The Balaban J connectivity index is 3.19. The van der Waals surface area contributed by atoms with Gasteiger partial charge in [0.1, 0.15) is 6.07 Å². The highest BCUT2D eigenvalue weighted by Crippen LogP contribution is 2.20. The van der Waals surface area contributed by atoms with Crippen molar-refractivity contribution >= 4 is 11.8 Å². The van der Waals surface area contributed by atoms with Crippen LogP contribution >= 0.6 is 11.8 Å². The second-order valence-corrected chi connectivity index (χ2v) is 3.76. The summed E-state index contributed by atoms with van der Waals surface area (Å²) in [5.41, 5.74) is 1.08. The van der Waals surface area contributed by atoms with Crippen molar-refractivity contribution in [3.63, 3.8) is 0 Å². The lowest BCUT2D eigenvalue weighted by atomic mass is 10.2. The molecular weight excluding hydrogens is 196 g/mol. The quantitative estimate of drug-likeness (QED) is 0.606. The van der Waals surface area contributed by atoms with E-state index in [-0.39, 0.29) is 5.56 Å². The number of aryl methyl sites for hydroxylation is 1. The number of nitrogens with zero attached hydrogens (tertiary/aromatic N) is 1. The molecule has 14 heavy (non-hydrogen) atoms. The molecular formula is C10H10N2OS. The van der Waals surface area contributed by atoms with Gasteiger partial charge in [-0.2, -0.15) is 5.26 Å². The number of hydrogen-bond acceptors (Lipinski definition) is 3. The highest BCUT2D eigenvalue weighted by Gasteiger charge is 2.06. The van der Waals surface area contributed by atoms with E-state index >= 15 is 0 Å². The summed E-state index contributed by atoms with van der Waals surface area (Å²) in [5.74, 6) is 0.675. The molecule has 0 saturated heterocycles. The minimum Gasteiger partial charge on any atom is -0.316 e. The molecule has 0 aliphatic heterocycles. The highest BCUT2D eigenvalue weighted by atomic mass is 32.2. The van der Waals surface area contributed by atoms with Gasteiger partial charge in [0.15, 0.2) is 0 Å². The molecule has 0 amide bonds. The predicted octanol–water partition coefficient (Wildman–Crippen LogP) is 1.83. The van der Waals surface area contributed by atoms with Gasteiger partial charge in [0, 0.05) is 11.8 Å². The van der Waals surface area contributed by atoms with E-state index in [1.54, 1.807) is 13.0 Å². The molecule has 0 atom stereocenters. The summed E-state index contributed by atoms with van der Waals surface area (Å²) in [4.78, 5) is 13.8. The summed E-state index contributed by atoms with van der Waals surface area (Å²) in [5, 5.41) is 9.50. The van der Waals surface area contributed by atoms with E-state index in [4.69, 9.17) is 5.26 Å². The third-order valence-corrected chi connectivity index (χ3v) is 2.66. The van der Waals surface area contributed by atoms with Crippen molar-refractivity contribution in [2.24, 2.45) is 0 Å². The first kappa shape index (κ1) is 10.6. The molecule has 0 unspecified atom stereocenters. The number of rotatable bonds is 3. The van der Waals surface area contributed by atoms with Gasteiger partial charge in [-0.3, -0.25) is 4.79 Å². The van der Waals surface area contributed by atoms with Crippen LogP contribution in [0.4, 0.5) is 0 Å². The van der Waals surface area contributed by atoms with Crippen LogP contribution in [0.3, 0.4) is 0 Å². The minimum atomic E-state index is -0.173. The lowest BCUT2D eigenvalue weighted by Gasteiger charge is -2.03. The second kappa shape index (κ2) is 4.68. The smallest absolute Gasteiger partial charge is 0.249 e. The molecule has 0 aromatic carbocycles. The van der Waals surface area contributed by atoms with Crippen molar-refractivity contribution in [3.05, 3.63) is 40.2 Å². The average Bonchev–Trinajstić information content (AvgIpc) is 2.14. The Morgan fingerprint density at radius 2 is 2.50 bits per heavy atom. The van der Waals surface area contributed by atoms with Gasteiger partial charge in [-0.05, 0) is 12.5 Å². The molecule has 0 aliphatic rings. The fourth-order valence-electron chi connectivity index (χ4n) is 1.05. The van der Waals surface area contributed by atoms with Gasteiger partial charge >= 0.3 is 0 Å². The van der Waals surface area contributed by atoms with Crippen LogP contribution in [0.15, 0.2) is 28.5 Å². The molecule has 0 fully saturated rings. The number of aromatic amines is 1. The maximum atomic E-state index is 11.1. The lowest BCUT2D eigenvalue weighted by Crippen LogP contribution is -2.08. The minimum absolute atomic E-state index is 0.173. The van der Waals surface area contributed by atoms with Gasteiger partial charge in [0.2, 0.25) is 5.56 Å². The topological polar surface area (TPSA) is 56.6 Å². The van der Waals surface area contributed by atoms with Gasteiger partial charge in [-0.25, -0.2) is 0 Å². The van der Waals surface area contributed by atoms with E-state index < -0.39 is 0 Å². The Kier molecular flexibility index (Phi) is 3.55. The zero-order valence-electron chi connectivity index (χ0n) is 7.83. The molecule has 0 bridgehead atoms. The van der Waals surface area contributed by atoms with Crippen LogP contribution in [0.5, 0.6) is 0 Å². The van der Waals surface area contributed by atoms with E-state index in [2.05, 4.69) is 17.6 Å². The van der Waals surface area contributed by atoms with Crippen molar-refractivity contribution in [1.29, 1.82) is 5.26 Å². The Labute approximate surface area is 86.5 Å². The number of nitrogens with one attached hydrogen (secondary N) is 1. The van der Waals surface area contributed by atoms with Crippen molar-refractivity contribution < 1.29 is 0 Å². The second-order valence-electron chi connectivity index (χ2n) is 2.73. The number of nitriles is 1. The fraction of sp³-hybridized carbons (Fsp3) is 0.200. The maximum absolute atomic E-state index is 11.1.